The van der Waals surface area contributed by atoms with Crippen molar-refractivity contribution in [3.63, 3.8) is 0 Å². The van der Waals surface area contributed by atoms with Gasteiger partial charge in [-0.25, -0.2) is 8.42 Å². The molecule has 0 radical (unpaired) electrons. The fourth-order valence-electron chi connectivity index (χ4n) is 2.38. The van der Waals surface area contributed by atoms with E-state index in [2.05, 4.69) is 5.32 Å². The summed E-state index contributed by atoms with van der Waals surface area (Å²) < 4.78 is 59.4. The maximum Gasteiger partial charge on any atom is 0.401 e. The zero-order chi connectivity index (χ0) is 13.3. The number of rotatable bonds is 4. The van der Waals surface area contributed by atoms with Crippen molar-refractivity contribution in [2.24, 2.45) is 0 Å². The van der Waals surface area contributed by atoms with Gasteiger partial charge in [0.05, 0.1) is 23.9 Å². The fourth-order valence-corrected chi connectivity index (χ4v) is 4.07. The predicted octanol–water partition coefficient (Wildman–Crippen LogP) is 0.467. The molecular weight excluding hydrogens is 259 g/mol. The highest BCUT2D eigenvalue weighted by atomic mass is 32.2. The first-order valence-electron chi connectivity index (χ1n) is 5.22. The van der Waals surface area contributed by atoms with Crippen LogP contribution in [0.1, 0.15) is 19.3 Å². The minimum absolute atomic E-state index is 0.233. The maximum atomic E-state index is 12.1. The summed E-state index contributed by atoms with van der Waals surface area (Å²) in [6.07, 6.45) is -2.43. The Labute approximate surface area is 98.1 Å². The Morgan fingerprint density at radius 2 is 2.06 bits per heavy atom. The van der Waals surface area contributed by atoms with E-state index in [1.165, 1.54) is 0 Å². The summed E-state index contributed by atoms with van der Waals surface area (Å²) in [6.45, 7) is -1.90. The highest BCUT2D eigenvalue weighted by Crippen LogP contribution is 2.35. The predicted molar refractivity (Wildman–Crippen MR) is 56.4 cm³/mol. The molecule has 1 saturated carbocycles. The van der Waals surface area contributed by atoms with E-state index in [0.717, 1.165) is 6.26 Å². The molecule has 0 aromatic heterocycles. The van der Waals surface area contributed by atoms with Gasteiger partial charge >= 0.3 is 6.18 Å². The Hall–Kier alpha value is -0.340. The molecule has 0 amide bonds. The normalized spacial score (nSPS) is 30.8. The fraction of sp³-hybridized carbons (Fsp3) is 1.00. The molecule has 2 atom stereocenters. The molecular formula is C9H16F3NO3S. The van der Waals surface area contributed by atoms with Gasteiger partial charge in [0.25, 0.3) is 0 Å². The third kappa shape index (κ3) is 3.56. The molecule has 1 fully saturated rings. The molecule has 0 aromatic carbocycles. The molecule has 102 valence electrons. The second kappa shape index (κ2) is 4.74. The summed E-state index contributed by atoms with van der Waals surface area (Å²) in [5.41, 5.74) is -1.36. The topological polar surface area (TPSA) is 66.4 Å². The standard InChI is InChI=1S/C9H16F3NO3S/c1-17(15,16)7-3-2-4-8(7,6-14)13-5-9(10,11)12/h7,13-14H,2-6H2,1H3. The zero-order valence-corrected chi connectivity index (χ0v) is 10.2. The lowest BCUT2D eigenvalue weighted by Gasteiger charge is -2.34. The maximum absolute atomic E-state index is 12.1. The second-order valence-corrected chi connectivity index (χ2v) is 6.72. The van der Waals surface area contributed by atoms with Gasteiger partial charge in [0.1, 0.15) is 0 Å². The van der Waals surface area contributed by atoms with Gasteiger partial charge in [-0.2, -0.15) is 13.2 Å². The second-order valence-electron chi connectivity index (χ2n) is 4.49. The highest BCUT2D eigenvalue weighted by Gasteiger charge is 2.49. The molecule has 2 unspecified atom stereocenters. The van der Waals surface area contributed by atoms with E-state index in [0.29, 0.717) is 6.42 Å². The van der Waals surface area contributed by atoms with Crippen molar-refractivity contribution in [1.82, 2.24) is 5.32 Å². The number of hydrogen-bond donors (Lipinski definition) is 2. The van der Waals surface area contributed by atoms with E-state index >= 15 is 0 Å². The van der Waals surface area contributed by atoms with Gasteiger partial charge in [0.2, 0.25) is 0 Å². The molecule has 2 N–H and O–H groups in total. The lowest BCUT2D eigenvalue weighted by molar-refractivity contribution is -0.129. The average Bonchev–Trinajstić information content (AvgIpc) is 2.57. The largest absolute Gasteiger partial charge is 0.401 e. The Balaban J connectivity index is 2.87. The Bertz CT molecular complexity index is 368. The zero-order valence-electron chi connectivity index (χ0n) is 9.42. The Morgan fingerprint density at radius 1 is 1.47 bits per heavy atom. The lowest BCUT2D eigenvalue weighted by atomic mass is 9.98. The van der Waals surface area contributed by atoms with Crippen LogP contribution in [0.2, 0.25) is 0 Å². The SMILES string of the molecule is CS(=O)(=O)C1CCCC1(CO)NCC(F)(F)F. The van der Waals surface area contributed by atoms with Crippen LogP contribution in [0.5, 0.6) is 0 Å². The van der Waals surface area contributed by atoms with Gasteiger partial charge < -0.3 is 5.11 Å². The molecule has 1 aliphatic rings. The third-order valence-corrected chi connectivity index (χ3v) is 4.87. The molecule has 1 aliphatic carbocycles. The number of aliphatic hydroxyl groups is 1. The van der Waals surface area contributed by atoms with Crippen molar-refractivity contribution in [2.75, 3.05) is 19.4 Å². The summed E-state index contributed by atoms with van der Waals surface area (Å²) in [6, 6.07) is 0. The van der Waals surface area contributed by atoms with Crippen LogP contribution in [0, 0.1) is 0 Å². The third-order valence-electron chi connectivity index (χ3n) is 3.15. The number of sulfone groups is 1. The van der Waals surface area contributed by atoms with Crippen molar-refractivity contribution in [3.8, 4) is 0 Å². The number of halogens is 3. The van der Waals surface area contributed by atoms with Gasteiger partial charge in [-0.15, -0.1) is 0 Å². The van der Waals surface area contributed by atoms with Gasteiger partial charge in [0.15, 0.2) is 9.84 Å². The van der Waals surface area contributed by atoms with Crippen LogP contribution in [-0.4, -0.2) is 49.9 Å². The van der Waals surface area contributed by atoms with E-state index in [1.54, 1.807) is 0 Å². The van der Waals surface area contributed by atoms with Crippen LogP contribution in [0.25, 0.3) is 0 Å². The number of aliphatic hydroxyl groups excluding tert-OH is 1. The van der Waals surface area contributed by atoms with E-state index < -0.39 is 40.0 Å². The molecule has 17 heavy (non-hydrogen) atoms. The first-order chi connectivity index (χ1) is 7.61. The summed E-state index contributed by atoms with van der Waals surface area (Å²) >= 11 is 0. The molecule has 0 bridgehead atoms. The van der Waals surface area contributed by atoms with Crippen LogP contribution in [0.15, 0.2) is 0 Å². The van der Waals surface area contributed by atoms with Gasteiger partial charge in [-0.1, -0.05) is 6.42 Å². The number of hydrogen-bond acceptors (Lipinski definition) is 4. The van der Waals surface area contributed by atoms with Crippen molar-refractivity contribution in [2.45, 2.75) is 36.2 Å². The summed E-state index contributed by atoms with van der Waals surface area (Å²) in [7, 11) is -3.48. The van der Waals surface area contributed by atoms with Gasteiger partial charge in [-0.05, 0) is 12.8 Å². The Morgan fingerprint density at radius 3 is 2.47 bits per heavy atom. The van der Waals surface area contributed by atoms with Crippen molar-refractivity contribution in [3.05, 3.63) is 0 Å². The van der Waals surface area contributed by atoms with E-state index in [1.807, 2.05) is 0 Å². The van der Waals surface area contributed by atoms with E-state index in [4.69, 9.17) is 0 Å². The van der Waals surface area contributed by atoms with Gasteiger partial charge in [-0.3, -0.25) is 5.32 Å². The Kier molecular flexibility index (Phi) is 4.10. The lowest BCUT2D eigenvalue weighted by Crippen LogP contribution is -2.58. The van der Waals surface area contributed by atoms with Crippen LogP contribution >= 0.6 is 0 Å². The minimum Gasteiger partial charge on any atom is -0.394 e. The molecule has 4 nitrogen and oxygen atoms in total. The highest BCUT2D eigenvalue weighted by molar-refractivity contribution is 7.91. The molecule has 0 saturated heterocycles. The molecule has 0 heterocycles. The molecule has 8 heteroatoms. The quantitative estimate of drug-likeness (QED) is 0.782. The van der Waals surface area contributed by atoms with E-state index in [9.17, 15) is 26.7 Å². The number of alkyl halides is 3. The van der Waals surface area contributed by atoms with Crippen molar-refractivity contribution in [1.29, 1.82) is 0 Å². The molecule has 0 aromatic rings. The smallest absolute Gasteiger partial charge is 0.394 e. The first kappa shape index (κ1) is 14.7. The number of nitrogens with one attached hydrogen (secondary N) is 1. The van der Waals surface area contributed by atoms with Crippen molar-refractivity contribution >= 4 is 9.84 Å². The molecule has 0 spiro atoms. The average molecular weight is 275 g/mol. The summed E-state index contributed by atoms with van der Waals surface area (Å²) in [5.74, 6) is 0. The molecule has 1 rings (SSSR count). The summed E-state index contributed by atoms with van der Waals surface area (Å²) in [4.78, 5) is 0. The monoisotopic (exact) mass is 275 g/mol. The van der Waals surface area contributed by atoms with Crippen LogP contribution in [-0.2, 0) is 9.84 Å². The molecule has 0 aliphatic heterocycles. The van der Waals surface area contributed by atoms with Crippen LogP contribution in [0.4, 0.5) is 13.2 Å². The van der Waals surface area contributed by atoms with Crippen molar-refractivity contribution < 1.29 is 26.7 Å². The minimum atomic E-state index is -4.42. The van der Waals surface area contributed by atoms with Crippen LogP contribution in [0.3, 0.4) is 0 Å². The first-order valence-corrected chi connectivity index (χ1v) is 7.18. The van der Waals surface area contributed by atoms with E-state index in [-0.39, 0.29) is 12.8 Å². The summed E-state index contributed by atoms with van der Waals surface area (Å²) in [5, 5.41) is 10.5. The van der Waals surface area contributed by atoms with Crippen LogP contribution < -0.4 is 5.32 Å². The van der Waals surface area contributed by atoms with Gasteiger partial charge in [0, 0.05) is 6.26 Å².